The summed E-state index contributed by atoms with van der Waals surface area (Å²) >= 11 is 3.53. The molecule has 0 spiro atoms. The van der Waals surface area contributed by atoms with Crippen molar-refractivity contribution in [2.45, 2.75) is 0 Å². The molecule has 0 saturated heterocycles. The van der Waals surface area contributed by atoms with Gasteiger partial charge in [0.15, 0.2) is 0 Å². The summed E-state index contributed by atoms with van der Waals surface area (Å²) < 4.78 is 1.08. The highest BCUT2D eigenvalue weighted by Crippen LogP contribution is 2.36. The normalized spacial score (nSPS) is 10.5. The third-order valence-corrected chi connectivity index (χ3v) is 4.86. The molecule has 0 fully saturated rings. The van der Waals surface area contributed by atoms with E-state index in [4.69, 9.17) is 0 Å². The molecule has 0 N–H and O–H groups in total. The Hall–Kier alpha value is -2.46. The first-order valence-electron chi connectivity index (χ1n) is 8.56. The summed E-state index contributed by atoms with van der Waals surface area (Å²) in [6.07, 6.45) is 0. The van der Waals surface area contributed by atoms with Gasteiger partial charge in [-0.3, -0.25) is 0 Å². The molecule has 134 valence electrons. The molecule has 0 aromatic heterocycles. The summed E-state index contributed by atoms with van der Waals surface area (Å²) in [7, 11) is 8.23. The van der Waals surface area contributed by atoms with Gasteiger partial charge in [0, 0.05) is 61.1 Å². The lowest BCUT2D eigenvalue weighted by Gasteiger charge is -2.26. The molecular weight excluding hydrogens is 386 g/mol. The van der Waals surface area contributed by atoms with Crippen LogP contribution in [0.15, 0.2) is 77.3 Å². The second-order valence-corrected chi connectivity index (χ2v) is 7.55. The van der Waals surface area contributed by atoms with E-state index < -0.39 is 0 Å². The SMILES string of the molecule is CN(C)c1ccc(N(c2ccc(Br)cc2)c2ccc(N(C)C)cc2)cc1. The average Bonchev–Trinajstić information content (AvgIpc) is 2.64. The van der Waals surface area contributed by atoms with Gasteiger partial charge in [0.2, 0.25) is 0 Å². The highest BCUT2D eigenvalue weighted by atomic mass is 79.9. The van der Waals surface area contributed by atoms with E-state index in [2.05, 4.69) is 132 Å². The Morgan fingerprint density at radius 2 is 0.731 bits per heavy atom. The number of benzene rings is 3. The Labute approximate surface area is 164 Å². The van der Waals surface area contributed by atoms with Gasteiger partial charge in [-0.2, -0.15) is 0 Å². The van der Waals surface area contributed by atoms with E-state index in [1.165, 1.54) is 11.4 Å². The van der Waals surface area contributed by atoms with E-state index in [1.54, 1.807) is 0 Å². The average molecular weight is 410 g/mol. The van der Waals surface area contributed by atoms with Crippen molar-refractivity contribution in [2.24, 2.45) is 0 Å². The maximum atomic E-state index is 3.53. The van der Waals surface area contributed by atoms with Crippen LogP contribution >= 0.6 is 15.9 Å². The van der Waals surface area contributed by atoms with Crippen LogP contribution in [0.4, 0.5) is 28.4 Å². The molecule has 3 nitrogen and oxygen atoms in total. The number of hydrogen-bond acceptors (Lipinski definition) is 3. The number of nitrogens with zero attached hydrogens (tertiary/aromatic N) is 3. The third kappa shape index (κ3) is 4.02. The molecule has 0 amide bonds. The smallest absolute Gasteiger partial charge is 0.0463 e. The summed E-state index contributed by atoms with van der Waals surface area (Å²) in [6.45, 7) is 0. The molecule has 0 atom stereocenters. The first kappa shape index (κ1) is 18.3. The minimum Gasteiger partial charge on any atom is -0.378 e. The Morgan fingerprint density at radius 3 is 1.04 bits per heavy atom. The minimum atomic E-state index is 1.08. The van der Waals surface area contributed by atoms with Crippen molar-refractivity contribution in [1.29, 1.82) is 0 Å². The molecule has 0 bridgehead atoms. The van der Waals surface area contributed by atoms with E-state index in [0.717, 1.165) is 21.5 Å². The van der Waals surface area contributed by atoms with Gasteiger partial charge in [-0.1, -0.05) is 15.9 Å². The van der Waals surface area contributed by atoms with Crippen LogP contribution in [0.2, 0.25) is 0 Å². The Bertz CT molecular complexity index is 787. The van der Waals surface area contributed by atoms with Crippen LogP contribution in [0.25, 0.3) is 0 Å². The lowest BCUT2D eigenvalue weighted by Crippen LogP contribution is -2.12. The summed E-state index contributed by atoms with van der Waals surface area (Å²) in [4.78, 5) is 6.49. The van der Waals surface area contributed by atoms with Crippen LogP contribution < -0.4 is 14.7 Å². The number of halogens is 1. The Balaban J connectivity index is 2.05. The predicted molar refractivity (Wildman–Crippen MR) is 117 cm³/mol. The molecule has 3 aromatic carbocycles. The molecule has 0 heterocycles. The van der Waals surface area contributed by atoms with Gasteiger partial charge < -0.3 is 14.7 Å². The maximum absolute atomic E-state index is 3.53. The molecule has 3 rings (SSSR count). The molecule has 26 heavy (non-hydrogen) atoms. The fourth-order valence-electron chi connectivity index (χ4n) is 2.84. The summed E-state index contributed by atoms with van der Waals surface area (Å²) in [6, 6.07) is 25.7. The third-order valence-electron chi connectivity index (χ3n) is 4.33. The highest BCUT2D eigenvalue weighted by Gasteiger charge is 2.13. The largest absolute Gasteiger partial charge is 0.378 e. The summed E-state index contributed by atoms with van der Waals surface area (Å²) in [5.41, 5.74) is 5.77. The zero-order chi connectivity index (χ0) is 18.7. The molecule has 0 radical (unpaired) electrons. The molecule has 0 unspecified atom stereocenters. The quantitative estimate of drug-likeness (QED) is 0.507. The molecule has 0 aliphatic heterocycles. The zero-order valence-electron chi connectivity index (χ0n) is 15.6. The van der Waals surface area contributed by atoms with Gasteiger partial charge >= 0.3 is 0 Å². The van der Waals surface area contributed by atoms with Crippen molar-refractivity contribution in [3.8, 4) is 0 Å². The standard InChI is InChI=1S/C22H24BrN3/c1-24(2)18-9-13-21(14-10-18)26(20-7-5-17(23)6-8-20)22-15-11-19(12-16-22)25(3)4/h5-16H,1-4H3. The van der Waals surface area contributed by atoms with Gasteiger partial charge in [-0.05, 0) is 72.8 Å². The van der Waals surface area contributed by atoms with Gasteiger partial charge in [0.25, 0.3) is 0 Å². The van der Waals surface area contributed by atoms with Crippen LogP contribution in [0.5, 0.6) is 0 Å². The van der Waals surface area contributed by atoms with Gasteiger partial charge in [0.1, 0.15) is 0 Å². The van der Waals surface area contributed by atoms with Crippen molar-refractivity contribution in [3.63, 3.8) is 0 Å². The summed E-state index contributed by atoms with van der Waals surface area (Å²) in [5.74, 6) is 0. The van der Waals surface area contributed by atoms with E-state index in [0.29, 0.717) is 0 Å². The predicted octanol–water partition coefficient (Wildman–Crippen LogP) is 6.05. The molecule has 3 aromatic rings. The molecular formula is C22H24BrN3. The molecule has 4 heteroatoms. The molecule has 0 aliphatic rings. The van der Waals surface area contributed by atoms with Gasteiger partial charge in [-0.15, -0.1) is 0 Å². The second-order valence-electron chi connectivity index (χ2n) is 6.63. The molecule has 0 saturated carbocycles. The molecule has 0 aliphatic carbocycles. The zero-order valence-corrected chi connectivity index (χ0v) is 17.2. The van der Waals surface area contributed by atoms with Crippen LogP contribution in [0, 0.1) is 0 Å². The van der Waals surface area contributed by atoms with Gasteiger partial charge in [0.05, 0.1) is 0 Å². The van der Waals surface area contributed by atoms with Crippen molar-refractivity contribution in [2.75, 3.05) is 42.9 Å². The van der Waals surface area contributed by atoms with Crippen LogP contribution in [0.1, 0.15) is 0 Å². The lowest BCUT2D eigenvalue weighted by atomic mass is 10.1. The van der Waals surface area contributed by atoms with Crippen molar-refractivity contribution in [1.82, 2.24) is 0 Å². The van der Waals surface area contributed by atoms with E-state index in [9.17, 15) is 0 Å². The van der Waals surface area contributed by atoms with E-state index >= 15 is 0 Å². The number of rotatable bonds is 5. The highest BCUT2D eigenvalue weighted by molar-refractivity contribution is 9.10. The van der Waals surface area contributed by atoms with Crippen molar-refractivity contribution in [3.05, 3.63) is 77.3 Å². The van der Waals surface area contributed by atoms with Crippen LogP contribution in [0.3, 0.4) is 0 Å². The van der Waals surface area contributed by atoms with E-state index in [1.807, 2.05) is 0 Å². The number of hydrogen-bond donors (Lipinski definition) is 0. The lowest BCUT2D eigenvalue weighted by molar-refractivity contribution is 1.13. The number of anilines is 5. The van der Waals surface area contributed by atoms with Crippen molar-refractivity contribution < 1.29 is 0 Å². The monoisotopic (exact) mass is 409 g/mol. The van der Waals surface area contributed by atoms with Crippen LogP contribution in [-0.4, -0.2) is 28.2 Å². The Morgan fingerprint density at radius 1 is 0.462 bits per heavy atom. The van der Waals surface area contributed by atoms with Gasteiger partial charge in [-0.25, -0.2) is 0 Å². The second kappa shape index (κ2) is 7.83. The maximum Gasteiger partial charge on any atom is 0.0463 e. The minimum absolute atomic E-state index is 1.08. The van der Waals surface area contributed by atoms with E-state index in [-0.39, 0.29) is 0 Å². The van der Waals surface area contributed by atoms with Crippen molar-refractivity contribution >= 4 is 44.4 Å². The topological polar surface area (TPSA) is 9.72 Å². The fraction of sp³-hybridized carbons (Fsp3) is 0.182. The van der Waals surface area contributed by atoms with Crippen LogP contribution in [-0.2, 0) is 0 Å². The summed E-state index contributed by atoms with van der Waals surface area (Å²) in [5, 5.41) is 0. The fourth-order valence-corrected chi connectivity index (χ4v) is 3.10. The Kier molecular flexibility index (Phi) is 5.52. The first-order valence-corrected chi connectivity index (χ1v) is 9.35. The first-order chi connectivity index (χ1) is 12.5.